The molecule has 0 radical (unpaired) electrons. The third-order valence-corrected chi connectivity index (χ3v) is 8.23. The Balaban J connectivity index is 5.94. The molecule has 0 N–H and O–H groups in total. The van der Waals surface area contributed by atoms with Crippen LogP contribution >= 0.6 is 7.51 Å². The molecule has 0 aliphatic rings. The first-order valence-electron chi connectivity index (χ1n) is 6.07. The van der Waals surface area contributed by atoms with Gasteiger partial charge in [-0.05, 0) is 0 Å². The Morgan fingerprint density at radius 2 is 0.864 bits per heavy atom. The van der Waals surface area contributed by atoms with Gasteiger partial charge in [0.15, 0.2) is 0 Å². The SMILES string of the molecule is CN(C)P(OCC(F)(F)F)(OCC(F)(F)F)(N(C)C)N(C)C. The third kappa shape index (κ3) is 4.42. The number of halogens is 6. The van der Waals surface area contributed by atoms with E-state index in [2.05, 4.69) is 0 Å². The van der Waals surface area contributed by atoms with Crippen LogP contribution in [0.15, 0.2) is 0 Å². The molecule has 0 spiro atoms. The van der Waals surface area contributed by atoms with Crippen molar-refractivity contribution in [2.75, 3.05) is 55.5 Å². The van der Waals surface area contributed by atoms with E-state index in [1.807, 2.05) is 0 Å². The van der Waals surface area contributed by atoms with Gasteiger partial charge in [0.2, 0.25) is 0 Å². The molecule has 0 aromatic carbocycles. The Labute approximate surface area is 126 Å². The van der Waals surface area contributed by atoms with Crippen LogP contribution in [-0.2, 0) is 9.05 Å². The number of alkyl halides is 6. The zero-order chi connectivity index (χ0) is 18.0. The number of rotatable bonds is 7. The fourth-order valence-corrected chi connectivity index (χ4v) is 6.53. The standard InChI is InChI=1S/C10H22F6N3O2P/c1-17(2)22(18(3)4,19(5)6,20-7-9(11,12)13)21-8-10(14,15)16/h7-8H2,1-6H3. The molecular formula is C10H22F6N3O2P. The molecule has 0 bridgehead atoms. The minimum atomic E-state index is -4.73. The van der Waals surface area contributed by atoms with E-state index < -0.39 is 33.1 Å². The summed E-state index contributed by atoms with van der Waals surface area (Å²) in [6.45, 7) is -3.48. The van der Waals surface area contributed by atoms with Crippen LogP contribution in [0.3, 0.4) is 0 Å². The van der Waals surface area contributed by atoms with Crippen LogP contribution in [0.25, 0.3) is 0 Å². The first kappa shape index (κ1) is 21.8. The topological polar surface area (TPSA) is 28.2 Å². The van der Waals surface area contributed by atoms with Crippen LogP contribution in [0, 0.1) is 0 Å². The predicted octanol–water partition coefficient (Wildman–Crippen LogP) is 2.96. The second-order valence-corrected chi connectivity index (χ2v) is 9.73. The molecule has 0 atom stereocenters. The van der Waals surface area contributed by atoms with Crippen LogP contribution in [0.5, 0.6) is 0 Å². The summed E-state index contributed by atoms with van der Waals surface area (Å²) in [5.74, 6) is 0. The Morgan fingerprint density at radius 3 is 1.00 bits per heavy atom. The number of nitrogens with zero attached hydrogens (tertiary/aromatic N) is 3. The zero-order valence-electron chi connectivity index (χ0n) is 13.3. The summed E-state index contributed by atoms with van der Waals surface area (Å²) in [6.07, 6.45) is -9.43. The molecule has 12 heteroatoms. The van der Waals surface area contributed by atoms with Gasteiger partial charge < -0.3 is 0 Å². The average Bonchev–Trinajstić information content (AvgIpc) is 2.25. The van der Waals surface area contributed by atoms with E-state index in [0.717, 1.165) is 14.0 Å². The van der Waals surface area contributed by atoms with Gasteiger partial charge in [0.05, 0.1) is 0 Å². The van der Waals surface area contributed by atoms with Gasteiger partial charge in [0.1, 0.15) is 0 Å². The Morgan fingerprint density at radius 1 is 0.636 bits per heavy atom. The molecule has 0 aliphatic heterocycles. The Hall–Kier alpha value is -0.190. The summed E-state index contributed by atoms with van der Waals surface area (Å²) >= 11 is 0. The molecule has 0 amide bonds. The second kappa shape index (κ2) is 6.74. The monoisotopic (exact) mass is 361 g/mol. The molecule has 0 rings (SSSR count). The van der Waals surface area contributed by atoms with Gasteiger partial charge in [-0.1, -0.05) is 0 Å². The molecule has 5 nitrogen and oxygen atoms in total. The minimum absolute atomic E-state index is 1.13. The quantitative estimate of drug-likeness (QED) is 0.514. The van der Waals surface area contributed by atoms with Crippen molar-refractivity contribution in [2.24, 2.45) is 0 Å². The van der Waals surface area contributed by atoms with Crippen molar-refractivity contribution in [1.82, 2.24) is 14.0 Å². The first-order valence-corrected chi connectivity index (χ1v) is 8.00. The third-order valence-electron chi connectivity index (χ3n) is 2.96. The van der Waals surface area contributed by atoms with Crippen molar-refractivity contribution >= 4 is 7.51 Å². The van der Waals surface area contributed by atoms with Crippen molar-refractivity contribution < 1.29 is 35.4 Å². The molecule has 0 saturated carbocycles. The van der Waals surface area contributed by atoms with Crippen LogP contribution in [0.4, 0.5) is 26.3 Å². The van der Waals surface area contributed by atoms with Crippen LogP contribution in [0.1, 0.15) is 0 Å². The van der Waals surface area contributed by atoms with Gasteiger partial charge in [0, 0.05) is 0 Å². The van der Waals surface area contributed by atoms with Crippen molar-refractivity contribution in [2.45, 2.75) is 12.4 Å². The molecule has 0 aliphatic carbocycles. The van der Waals surface area contributed by atoms with Crippen LogP contribution in [0.2, 0.25) is 0 Å². The van der Waals surface area contributed by atoms with E-state index in [4.69, 9.17) is 9.05 Å². The van der Waals surface area contributed by atoms with E-state index in [0.29, 0.717) is 0 Å². The fraction of sp³-hybridized carbons (Fsp3) is 1.00. The van der Waals surface area contributed by atoms with Crippen molar-refractivity contribution in [3.63, 3.8) is 0 Å². The van der Waals surface area contributed by atoms with Crippen LogP contribution in [-0.4, -0.2) is 81.9 Å². The summed E-state index contributed by atoms with van der Waals surface area (Å²) in [4.78, 5) is 0. The van der Waals surface area contributed by atoms with Gasteiger partial charge in [-0.2, -0.15) is 0 Å². The first-order chi connectivity index (χ1) is 9.58. The normalized spacial score (nSPS) is 16.4. The average molecular weight is 361 g/mol. The molecule has 22 heavy (non-hydrogen) atoms. The van der Waals surface area contributed by atoms with E-state index in [1.165, 1.54) is 42.3 Å². The summed E-state index contributed by atoms with van der Waals surface area (Å²) in [5.41, 5.74) is 0. The Kier molecular flexibility index (Phi) is 6.68. The molecule has 136 valence electrons. The van der Waals surface area contributed by atoms with E-state index >= 15 is 0 Å². The maximum absolute atomic E-state index is 12.6. The zero-order valence-corrected chi connectivity index (χ0v) is 14.2. The fourth-order valence-electron chi connectivity index (χ4n) is 2.18. The van der Waals surface area contributed by atoms with Gasteiger partial charge in [-0.15, -0.1) is 0 Å². The Bertz CT molecular complexity index is 326. The second-order valence-electron chi connectivity index (χ2n) is 5.15. The summed E-state index contributed by atoms with van der Waals surface area (Å²) in [6, 6.07) is 0. The van der Waals surface area contributed by atoms with Gasteiger partial charge in [0.25, 0.3) is 0 Å². The molecular weight excluding hydrogens is 339 g/mol. The van der Waals surface area contributed by atoms with Gasteiger partial charge in [-0.3, -0.25) is 0 Å². The molecule has 0 fully saturated rings. The van der Waals surface area contributed by atoms with E-state index in [-0.39, 0.29) is 0 Å². The molecule has 0 heterocycles. The number of hydrogen-bond acceptors (Lipinski definition) is 5. The van der Waals surface area contributed by atoms with Crippen molar-refractivity contribution in [3.8, 4) is 0 Å². The molecule has 0 aromatic heterocycles. The van der Waals surface area contributed by atoms with Crippen molar-refractivity contribution in [1.29, 1.82) is 0 Å². The van der Waals surface area contributed by atoms with E-state index in [9.17, 15) is 26.3 Å². The summed E-state index contributed by atoms with van der Waals surface area (Å²) < 4.78 is 88.9. The van der Waals surface area contributed by atoms with E-state index in [1.54, 1.807) is 0 Å². The molecule has 0 saturated heterocycles. The maximum atomic E-state index is 12.6. The number of hydrogen-bond donors (Lipinski definition) is 0. The van der Waals surface area contributed by atoms with Gasteiger partial charge in [-0.25, -0.2) is 0 Å². The predicted molar refractivity (Wildman–Crippen MR) is 72.0 cm³/mol. The summed E-state index contributed by atoms with van der Waals surface area (Å²) in [7, 11) is 3.13. The summed E-state index contributed by atoms with van der Waals surface area (Å²) in [5, 5.41) is 0. The van der Waals surface area contributed by atoms with Crippen molar-refractivity contribution in [3.05, 3.63) is 0 Å². The molecule has 0 aromatic rings. The van der Waals surface area contributed by atoms with Crippen LogP contribution < -0.4 is 0 Å². The van der Waals surface area contributed by atoms with Gasteiger partial charge >= 0.3 is 125 Å². The molecule has 0 unspecified atom stereocenters.